The standard InChI is InChI=1S/C27H32N4O3S/c1-20-7-10-23(11-8-20)28-27(32)22-6-5-15-30(19-22)26-14-9-21-18-24(12-13-25(21)29-26)35(33,34)31-16-3-2-4-17-31/h7-14,18,22H,2-6,15-17,19H2,1H3,(H,28,32)/t22-/m1/s1. The minimum Gasteiger partial charge on any atom is -0.356 e. The zero-order chi connectivity index (χ0) is 24.4. The van der Waals surface area contributed by atoms with Gasteiger partial charge in [0.15, 0.2) is 0 Å². The van der Waals surface area contributed by atoms with Gasteiger partial charge in [0, 0.05) is 37.3 Å². The Kier molecular flexibility index (Phi) is 6.75. The molecule has 0 unspecified atom stereocenters. The van der Waals surface area contributed by atoms with E-state index in [-0.39, 0.29) is 11.8 Å². The van der Waals surface area contributed by atoms with Gasteiger partial charge >= 0.3 is 0 Å². The molecule has 2 aliphatic heterocycles. The molecule has 184 valence electrons. The molecule has 35 heavy (non-hydrogen) atoms. The molecule has 0 aliphatic carbocycles. The van der Waals surface area contributed by atoms with Crippen molar-refractivity contribution in [1.29, 1.82) is 0 Å². The van der Waals surface area contributed by atoms with E-state index in [1.54, 1.807) is 22.5 Å². The molecular formula is C27H32N4O3S. The number of anilines is 2. The Balaban J connectivity index is 1.30. The number of nitrogens with zero attached hydrogens (tertiary/aromatic N) is 3. The molecule has 3 heterocycles. The highest BCUT2D eigenvalue weighted by Gasteiger charge is 2.28. The van der Waals surface area contributed by atoms with E-state index in [1.165, 1.54) is 0 Å². The molecule has 2 aromatic carbocycles. The molecule has 0 spiro atoms. The predicted molar refractivity (Wildman–Crippen MR) is 139 cm³/mol. The van der Waals surface area contributed by atoms with Gasteiger partial charge in [-0.2, -0.15) is 4.31 Å². The lowest BCUT2D eigenvalue weighted by atomic mass is 9.97. The molecule has 0 bridgehead atoms. The monoisotopic (exact) mass is 492 g/mol. The van der Waals surface area contributed by atoms with E-state index in [2.05, 4.69) is 10.2 Å². The molecule has 2 aliphatic rings. The fourth-order valence-electron chi connectivity index (χ4n) is 4.96. The molecule has 1 amide bonds. The lowest BCUT2D eigenvalue weighted by Gasteiger charge is -2.33. The number of sulfonamides is 1. The van der Waals surface area contributed by atoms with E-state index in [0.717, 1.165) is 66.6 Å². The minimum absolute atomic E-state index is 0.0342. The Morgan fingerprint density at radius 2 is 1.71 bits per heavy atom. The number of piperidine rings is 2. The van der Waals surface area contributed by atoms with Gasteiger partial charge in [0.2, 0.25) is 15.9 Å². The van der Waals surface area contributed by atoms with Gasteiger partial charge in [0.1, 0.15) is 5.82 Å². The van der Waals surface area contributed by atoms with Crippen LogP contribution in [0.25, 0.3) is 10.9 Å². The van der Waals surface area contributed by atoms with Crippen LogP contribution in [0.15, 0.2) is 59.5 Å². The summed E-state index contributed by atoms with van der Waals surface area (Å²) in [6.07, 6.45) is 4.68. The third-order valence-corrected chi connectivity index (χ3v) is 8.93. The van der Waals surface area contributed by atoms with E-state index in [9.17, 15) is 13.2 Å². The van der Waals surface area contributed by atoms with Gasteiger partial charge in [0.25, 0.3) is 0 Å². The fourth-order valence-corrected chi connectivity index (χ4v) is 6.52. The first-order chi connectivity index (χ1) is 16.9. The van der Waals surface area contributed by atoms with Gasteiger partial charge < -0.3 is 10.2 Å². The summed E-state index contributed by atoms with van der Waals surface area (Å²) in [5.41, 5.74) is 2.73. The first-order valence-electron chi connectivity index (χ1n) is 12.4. The first-order valence-corrected chi connectivity index (χ1v) is 13.9. The number of hydrogen-bond donors (Lipinski definition) is 1. The fraction of sp³-hybridized carbons (Fsp3) is 0.407. The van der Waals surface area contributed by atoms with Gasteiger partial charge in [-0.3, -0.25) is 4.79 Å². The van der Waals surface area contributed by atoms with Gasteiger partial charge in [0.05, 0.1) is 16.3 Å². The maximum atomic E-state index is 13.1. The van der Waals surface area contributed by atoms with Crippen molar-refractivity contribution in [3.8, 4) is 0 Å². The van der Waals surface area contributed by atoms with Gasteiger partial charge in [-0.1, -0.05) is 24.1 Å². The van der Waals surface area contributed by atoms with Crippen LogP contribution < -0.4 is 10.2 Å². The topological polar surface area (TPSA) is 82.6 Å². The minimum atomic E-state index is -3.48. The Morgan fingerprint density at radius 3 is 2.49 bits per heavy atom. The van der Waals surface area contributed by atoms with Crippen LogP contribution in [0, 0.1) is 12.8 Å². The van der Waals surface area contributed by atoms with Crippen LogP contribution in [0.3, 0.4) is 0 Å². The average Bonchev–Trinajstić information content (AvgIpc) is 2.90. The van der Waals surface area contributed by atoms with Crippen LogP contribution in [0.1, 0.15) is 37.7 Å². The number of rotatable bonds is 5. The molecule has 1 atom stereocenters. The first kappa shape index (κ1) is 23.8. The number of carbonyl (C=O) groups is 1. The Morgan fingerprint density at radius 1 is 0.943 bits per heavy atom. The van der Waals surface area contributed by atoms with Crippen LogP contribution in [0.4, 0.5) is 11.5 Å². The number of fused-ring (bicyclic) bond motifs is 1. The van der Waals surface area contributed by atoms with Crippen molar-refractivity contribution in [2.24, 2.45) is 5.92 Å². The summed E-state index contributed by atoms with van der Waals surface area (Å²) in [6, 6.07) is 16.9. The lowest BCUT2D eigenvalue weighted by molar-refractivity contribution is -0.120. The second kappa shape index (κ2) is 9.95. The molecule has 7 nitrogen and oxygen atoms in total. The lowest BCUT2D eigenvalue weighted by Crippen LogP contribution is -2.41. The smallest absolute Gasteiger partial charge is 0.243 e. The zero-order valence-electron chi connectivity index (χ0n) is 20.1. The van der Waals surface area contributed by atoms with Crippen molar-refractivity contribution >= 4 is 38.3 Å². The van der Waals surface area contributed by atoms with Gasteiger partial charge in [-0.05, 0) is 75.1 Å². The van der Waals surface area contributed by atoms with Crippen LogP contribution in [0.5, 0.6) is 0 Å². The third-order valence-electron chi connectivity index (χ3n) is 7.03. The molecule has 1 aromatic heterocycles. The number of hydrogen-bond acceptors (Lipinski definition) is 5. The van der Waals surface area contributed by atoms with E-state index in [4.69, 9.17) is 4.98 Å². The van der Waals surface area contributed by atoms with Crippen molar-refractivity contribution in [2.75, 3.05) is 36.4 Å². The largest absolute Gasteiger partial charge is 0.356 e. The highest BCUT2D eigenvalue weighted by molar-refractivity contribution is 7.89. The molecule has 0 saturated carbocycles. The van der Waals surface area contributed by atoms with Crippen LogP contribution >= 0.6 is 0 Å². The van der Waals surface area contributed by atoms with Crippen LogP contribution in [-0.2, 0) is 14.8 Å². The molecule has 2 fully saturated rings. The summed E-state index contributed by atoms with van der Waals surface area (Å²) < 4.78 is 27.7. The Bertz CT molecular complexity index is 1320. The summed E-state index contributed by atoms with van der Waals surface area (Å²) in [6.45, 7) is 4.65. The Hall–Kier alpha value is -2.97. The average molecular weight is 493 g/mol. The molecule has 1 N–H and O–H groups in total. The van der Waals surface area contributed by atoms with Crippen LogP contribution in [0.2, 0.25) is 0 Å². The number of aromatic nitrogens is 1. The highest BCUT2D eigenvalue weighted by atomic mass is 32.2. The SMILES string of the molecule is Cc1ccc(NC(=O)[C@@H]2CCCN(c3ccc4cc(S(=O)(=O)N5CCCCC5)ccc4n3)C2)cc1. The number of carbonyl (C=O) groups excluding carboxylic acids is 1. The van der Waals surface area contributed by atoms with E-state index >= 15 is 0 Å². The zero-order valence-corrected chi connectivity index (χ0v) is 20.9. The number of amides is 1. The van der Waals surface area contributed by atoms with Crippen molar-refractivity contribution in [2.45, 2.75) is 43.9 Å². The van der Waals surface area contributed by atoms with E-state index in [0.29, 0.717) is 24.5 Å². The summed E-state index contributed by atoms with van der Waals surface area (Å²) in [5.74, 6) is 0.739. The van der Waals surface area contributed by atoms with E-state index < -0.39 is 10.0 Å². The number of pyridine rings is 1. The maximum absolute atomic E-state index is 13.1. The normalized spacial score (nSPS) is 19.6. The molecule has 5 rings (SSSR count). The second-order valence-electron chi connectivity index (χ2n) is 9.63. The maximum Gasteiger partial charge on any atom is 0.243 e. The second-order valence-corrected chi connectivity index (χ2v) is 11.6. The molecule has 3 aromatic rings. The van der Waals surface area contributed by atoms with Gasteiger partial charge in [-0.25, -0.2) is 13.4 Å². The quantitative estimate of drug-likeness (QED) is 0.564. The number of benzene rings is 2. The summed E-state index contributed by atoms with van der Waals surface area (Å²) in [4.78, 5) is 20.2. The van der Waals surface area contributed by atoms with Crippen LogP contribution in [-0.4, -0.2) is 49.8 Å². The van der Waals surface area contributed by atoms with Crippen molar-refractivity contribution < 1.29 is 13.2 Å². The predicted octanol–water partition coefficient (Wildman–Crippen LogP) is 4.57. The summed E-state index contributed by atoms with van der Waals surface area (Å²) in [7, 11) is -3.48. The number of aryl methyl sites for hydroxylation is 1. The van der Waals surface area contributed by atoms with Crippen molar-refractivity contribution in [3.05, 3.63) is 60.2 Å². The number of nitrogens with one attached hydrogen (secondary N) is 1. The highest BCUT2D eigenvalue weighted by Crippen LogP contribution is 2.28. The molecule has 2 saturated heterocycles. The Labute approximate surface area is 207 Å². The summed E-state index contributed by atoms with van der Waals surface area (Å²) in [5, 5.41) is 3.84. The van der Waals surface area contributed by atoms with Crippen molar-refractivity contribution in [1.82, 2.24) is 9.29 Å². The molecule has 8 heteroatoms. The van der Waals surface area contributed by atoms with Gasteiger partial charge in [-0.15, -0.1) is 0 Å². The molecule has 0 radical (unpaired) electrons. The third kappa shape index (κ3) is 5.18. The van der Waals surface area contributed by atoms with Crippen molar-refractivity contribution in [3.63, 3.8) is 0 Å². The molecular weight excluding hydrogens is 460 g/mol. The van der Waals surface area contributed by atoms with E-state index in [1.807, 2.05) is 43.3 Å². The summed E-state index contributed by atoms with van der Waals surface area (Å²) >= 11 is 0.